The fraction of sp³-hybridized carbons (Fsp3) is 0.316. The number of carbonyl (C=O) groups is 1. The van der Waals surface area contributed by atoms with Gasteiger partial charge in [-0.15, -0.1) is 0 Å². The SMILES string of the molecule is CC(=O)N(CCNS(=O)(=O)c1cccc(C)c1)c1ccc(N(C)C)cc1. The lowest BCUT2D eigenvalue weighted by molar-refractivity contribution is -0.116. The molecule has 0 aliphatic carbocycles. The summed E-state index contributed by atoms with van der Waals surface area (Å²) in [6.45, 7) is 3.69. The van der Waals surface area contributed by atoms with E-state index in [1.807, 2.05) is 56.3 Å². The van der Waals surface area contributed by atoms with E-state index in [0.717, 1.165) is 16.9 Å². The van der Waals surface area contributed by atoms with Crippen LogP contribution in [0.3, 0.4) is 0 Å². The second kappa shape index (κ2) is 8.33. The molecule has 0 radical (unpaired) electrons. The number of hydrogen-bond donors (Lipinski definition) is 1. The van der Waals surface area contributed by atoms with Gasteiger partial charge in [0.25, 0.3) is 0 Å². The molecule has 0 atom stereocenters. The van der Waals surface area contributed by atoms with Crippen molar-refractivity contribution in [1.29, 1.82) is 0 Å². The van der Waals surface area contributed by atoms with Crippen molar-refractivity contribution in [3.8, 4) is 0 Å². The third-order valence-electron chi connectivity index (χ3n) is 3.99. The van der Waals surface area contributed by atoms with Crippen LogP contribution >= 0.6 is 0 Å². The Morgan fingerprint density at radius 1 is 1.04 bits per heavy atom. The summed E-state index contributed by atoms with van der Waals surface area (Å²) in [4.78, 5) is 15.7. The molecule has 0 saturated carbocycles. The standard InChI is InChI=1S/C19H25N3O3S/c1-15-6-5-7-19(14-15)26(24,25)20-12-13-22(16(2)23)18-10-8-17(9-11-18)21(3)4/h5-11,14,20H,12-13H2,1-4H3. The van der Waals surface area contributed by atoms with Gasteiger partial charge in [-0.2, -0.15) is 0 Å². The van der Waals surface area contributed by atoms with Gasteiger partial charge in [0.1, 0.15) is 0 Å². The van der Waals surface area contributed by atoms with E-state index in [-0.39, 0.29) is 23.9 Å². The topological polar surface area (TPSA) is 69.7 Å². The Morgan fingerprint density at radius 3 is 2.19 bits per heavy atom. The first-order chi connectivity index (χ1) is 12.2. The van der Waals surface area contributed by atoms with Gasteiger partial charge in [-0.05, 0) is 48.9 Å². The van der Waals surface area contributed by atoms with Crippen molar-refractivity contribution in [3.63, 3.8) is 0 Å². The number of anilines is 2. The molecule has 0 aliphatic heterocycles. The highest BCUT2D eigenvalue weighted by molar-refractivity contribution is 7.89. The van der Waals surface area contributed by atoms with E-state index in [2.05, 4.69) is 4.72 Å². The number of sulfonamides is 1. The van der Waals surface area contributed by atoms with Crippen molar-refractivity contribution in [3.05, 3.63) is 54.1 Å². The smallest absolute Gasteiger partial charge is 0.240 e. The molecule has 7 heteroatoms. The molecule has 0 fully saturated rings. The maximum atomic E-state index is 12.4. The summed E-state index contributed by atoms with van der Waals surface area (Å²) in [6, 6.07) is 14.3. The lowest BCUT2D eigenvalue weighted by atomic mass is 10.2. The maximum absolute atomic E-state index is 12.4. The monoisotopic (exact) mass is 375 g/mol. The van der Waals surface area contributed by atoms with Crippen LogP contribution in [0.5, 0.6) is 0 Å². The third kappa shape index (κ3) is 5.06. The van der Waals surface area contributed by atoms with E-state index in [0.29, 0.717) is 0 Å². The van der Waals surface area contributed by atoms with E-state index >= 15 is 0 Å². The highest BCUT2D eigenvalue weighted by atomic mass is 32.2. The summed E-state index contributed by atoms with van der Waals surface area (Å²) < 4.78 is 27.3. The van der Waals surface area contributed by atoms with Crippen molar-refractivity contribution in [2.24, 2.45) is 0 Å². The number of nitrogens with one attached hydrogen (secondary N) is 1. The quantitative estimate of drug-likeness (QED) is 0.807. The van der Waals surface area contributed by atoms with Crippen LogP contribution in [0.25, 0.3) is 0 Å². The van der Waals surface area contributed by atoms with Crippen LogP contribution < -0.4 is 14.5 Å². The first kappa shape index (κ1) is 19.9. The summed E-state index contributed by atoms with van der Waals surface area (Å²) in [5, 5.41) is 0. The third-order valence-corrected chi connectivity index (χ3v) is 5.44. The largest absolute Gasteiger partial charge is 0.378 e. The predicted octanol–water partition coefficient (Wildman–Crippen LogP) is 2.39. The Kier molecular flexibility index (Phi) is 6.39. The van der Waals surface area contributed by atoms with Crippen LogP contribution in [0.15, 0.2) is 53.4 Å². The molecule has 0 aromatic heterocycles. The van der Waals surface area contributed by atoms with Crippen LogP contribution in [0.4, 0.5) is 11.4 Å². The number of hydrogen-bond acceptors (Lipinski definition) is 4. The summed E-state index contributed by atoms with van der Waals surface area (Å²) in [6.07, 6.45) is 0. The molecule has 1 amide bonds. The van der Waals surface area contributed by atoms with Gasteiger partial charge in [0.15, 0.2) is 0 Å². The zero-order valence-electron chi connectivity index (χ0n) is 15.6. The summed E-state index contributed by atoms with van der Waals surface area (Å²) in [7, 11) is 0.286. The highest BCUT2D eigenvalue weighted by Crippen LogP contribution is 2.19. The van der Waals surface area contributed by atoms with E-state index < -0.39 is 10.0 Å². The number of rotatable bonds is 7. The van der Waals surface area contributed by atoms with Gasteiger partial charge in [-0.3, -0.25) is 4.79 Å². The summed E-state index contributed by atoms with van der Waals surface area (Å²) in [5.74, 6) is -0.141. The van der Waals surface area contributed by atoms with Gasteiger partial charge < -0.3 is 9.80 Å². The van der Waals surface area contributed by atoms with Gasteiger partial charge in [0.05, 0.1) is 4.90 Å². The Bertz CT molecular complexity index is 862. The Balaban J connectivity index is 2.06. The van der Waals surface area contributed by atoms with E-state index in [9.17, 15) is 13.2 Å². The number of nitrogens with zero attached hydrogens (tertiary/aromatic N) is 2. The lowest BCUT2D eigenvalue weighted by Gasteiger charge is -2.22. The van der Waals surface area contributed by atoms with Crippen LogP contribution in [-0.2, 0) is 14.8 Å². The first-order valence-corrected chi connectivity index (χ1v) is 9.81. The second-order valence-corrected chi connectivity index (χ2v) is 8.06. The minimum Gasteiger partial charge on any atom is -0.378 e. The van der Waals surface area contributed by atoms with Gasteiger partial charge >= 0.3 is 0 Å². The average Bonchev–Trinajstić information content (AvgIpc) is 2.58. The van der Waals surface area contributed by atoms with Crippen molar-refractivity contribution >= 4 is 27.3 Å². The minimum absolute atomic E-state index is 0.130. The molecule has 1 N–H and O–H groups in total. The van der Waals surface area contributed by atoms with Gasteiger partial charge in [-0.1, -0.05) is 12.1 Å². The van der Waals surface area contributed by atoms with Crippen LogP contribution in [0, 0.1) is 6.92 Å². The molecule has 2 aromatic carbocycles. The molecule has 2 rings (SSSR count). The second-order valence-electron chi connectivity index (χ2n) is 6.30. The fourth-order valence-corrected chi connectivity index (χ4v) is 3.68. The van der Waals surface area contributed by atoms with Crippen molar-refractivity contribution in [2.45, 2.75) is 18.7 Å². The lowest BCUT2D eigenvalue weighted by Crippen LogP contribution is -2.37. The van der Waals surface area contributed by atoms with Crippen molar-refractivity contribution < 1.29 is 13.2 Å². The minimum atomic E-state index is -3.60. The van der Waals surface area contributed by atoms with Crippen LogP contribution in [-0.4, -0.2) is 41.5 Å². The molecule has 0 heterocycles. The van der Waals surface area contributed by atoms with Crippen LogP contribution in [0.1, 0.15) is 12.5 Å². The number of amides is 1. The molecule has 0 bridgehead atoms. The van der Waals surface area contributed by atoms with Crippen molar-refractivity contribution in [2.75, 3.05) is 37.0 Å². The van der Waals surface area contributed by atoms with Gasteiger partial charge in [0, 0.05) is 45.5 Å². The van der Waals surface area contributed by atoms with E-state index in [1.54, 1.807) is 23.1 Å². The first-order valence-electron chi connectivity index (χ1n) is 8.32. The van der Waals surface area contributed by atoms with Gasteiger partial charge in [-0.25, -0.2) is 13.1 Å². The van der Waals surface area contributed by atoms with Crippen LogP contribution in [0.2, 0.25) is 0 Å². The number of carbonyl (C=O) groups excluding carboxylic acids is 1. The molecule has 2 aromatic rings. The molecule has 0 unspecified atom stereocenters. The van der Waals surface area contributed by atoms with E-state index in [4.69, 9.17) is 0 Å². The maximum Gasteiger partial charge on any atom is 0.240 e. The molecular formula is C19H25N3O3S. The molecule has 140 valence electrons. The molecule has 0 aliphatic rings. The highest BCUT2D eigenvalue weighted by Gasteiger charge is 2.16. The average molecular weight is 375 g/mol. The molecule has 0 saturated heterocycles. The van der Waals surface area contributed by atoms with E-state index in [1.165, 1.54) is 6.92 Å². The fourth-order valence-electron chi connectivity index (χ4n) is 2.56. The molecule has 6 nitrogen and oxygen atoms in total. The molecular weight excluding hydrogens is 350 g/mol. The summed E-state index contributed by atoms with van der Waals surface area (Å²) in [5.41, 5.74) is 2.63. The Hall–Kier alpha value is -2.38. The predicted molar refractivity (Wildman–Crippen MR) is 105 cm³/mol. The zero-order valence-corrected chi connectivity index (χ0v) is 16.4. The Labute approximate surface area is 155 Å². The summed E-state index contributed by atoms with van der Waals surface area (Å²) >= 11 is 0. The number of benzene rings is 2. The molecule has 0 spiro atoms. The normalized spacial score (nSPS) is 11.2. The zero-order chi connectivity index (χ0) is 19.3. The molecule has 26 heavy (non-hydrogen) atoms. The Morgan fingerprint density at radius 2 is 1.65 bits per heavy atom. The van der Waals surface area contributed by atoms with Gasteiger partial charge in [0.2, 0.25) is 15.9 Å². The number of aryl methyl sites for hydroxylation is 1. The van der Waals surface area contributed by atoms with Crippen molar-refractivity contribution in [1.82, 2.24) is 4.72 Å².